The summed E-state index contributed by atoms with van der Waals surface area (Å²) in [6.45, 7) is 7.71. The fourth-order valence-electron chi connectivity index (χ4n) is 3.91. The van der Waals surface area contributed by atoms with Crippen molar-refractivity contribution in [2.24, 2.45) is 17.6 Å². The summed E-state index contributed by atoms with van der Waals surface area (Å²) in [6.07, 6.45) is 10.2. The van der Waals surface area contributed by atoms with Gasteiger partial charge in [0.1, 0.15) is 0 Å². The second-order valence-corrected chi connectivity index (χ2v) is 9.20. The molecule has 0 saturated heterocycles. The van der Waals surface area contributed by atoms with Crippen LogP contribution in [0.15, 0.2) is 58.6 Å². The summed E-state index contributed by atoms with van der Waals surface area (Å²) in [5, 5.41) is 34.4. The molecule has 0 radical (unpaired) electrons. The highest BCUT2D eigenvalue weighted by Crippen LogP contribution is 2.28. The highest BCUT2D eigenvalue weighted by Gasteiger charge is 2.31. The highest BCUT2D eigenvalue weighted by molar-refractivity contribution is 6.23. The van der Waals surface area contributed by atoms with Gasteiger partial charge in [-0.15, -0.1) is 0 Å². The lowest BCUT2D eigenvalue weighted by molar-refractivity contribution is -0.120. The Morgan fingerprint density at radius 2 is 1.65 bits per heavy atom. The molecular weight excluding hydrogens is 520 g/mol. The number of carbonyl (C=O) groups excluding carboxylic acids is 3. The Bertz CT molecular complexity index is 1000. The minimum Gasteiger partial charge on any atom is -0.492 e. The monoisotopic (exact) mass is 566 g/mol. The maximum absolute atomic E-state index is 13.1. The summed E-state index contributed by atoms with van der Waals surface area (Å²) < 4.78 is 5.23. The van der Waals surface area contributed by atoms with Crippen molar-refractivity contribution in [1.82, 2.24) is 5.32 Å². The van der Waals surface area contributed by atoms with Gasteiger partial charge in [0.2, 0.25) is 11.6 Å². The van der Waals surface area contributed by atoms with Crippen LogP contribution in [-0.2, 0) is 19.1 Å². The number of hydrogen-bond donors (Lipinski definition) is 6. The average molecular weight is 567 g/mol. The van der Waals surface area contributed by atoms with Crippen molar-refractivity contribution < 1.29 is 44.3 Å². The third-order valence-corrected chi connectivity index (χ3v) is 5.95. The molecule has 40 heavy (non-hydrogen) atoms. The van der Waals surface area contributed by atoms with E-state index < -0.39 is 29.7 Å². The molecule has 11 heteroatoms. The van der Waals surface area contributed by atoms with Crippen LogP contribution < -0.4 is 11.1 Å². The topological polar surface area (TPSA) is 196 Å². The minimum absolute atomic E-state index is 0.0217. The summed E-state index contributed by atoms with van der Waals surface area (Å²) in [5.74, 6) is -1.18. The SMILES string of the molecule is CO.CO.COC1=C2CC(C)CCC(O)C(C)/C=C(\C)CC/C=C\C=C(/C)C(=O)NC(=CC1=O)C2=O.NC(=O)O. The second-order valence-electron chi connectivity index (χ2n) is 9.20. The van der Waals surface area contributed by atoms with Gasteiger partial charge in [-0.3, -0.25) is 14.4 Å². The van der Waals surface area contributed by atoms with Crippen molar-refractivity contribution in [3.05, 3.63) is 58.6 Å². The molecule has 0 spiro atoms. The molecule has 2 rings (SSSR count). The number of fused-ring (bicyclic) bond motifs is 2. The first-order valence-electron chi connectivity index (χ1n) is 12.8. The van der Waals surface area contributed by atoms with Crippen LogP contribution in [0.3, 0.4) is 0 Å². The van der Waals surface area contributed by atoms with Gasteiger partial charge >= 0.3 is 6.09 Å². The van der Waals surface area contributed by atoms with E-state index in [0.29, 0.717) is 24.8 Å². The normalized spacial score (nSPS) is 25.8. The summed E-state index contributed by atoms with van der Waals surface area (Å²) in [4.78, 5) is 46.9. The van der Waals surface area contributed by atoms with Crippen LogP contribution in [0, 0.1) is 11.8 Å². The summed E-state index contributed by atoms with van der Waals surface area (Å²) in [5.41, 5.74) is 5.90. The van der Waals surface area contributed by atoms with E-state index in [1.807, 2.05) is 26.0 Å². The molecule has 11 nitrogen and oxygen atoms in total. The van der Waals surface area contributed by atoms with Crippen molar-refractivity contribution in [2.75, 3.05) is 21.3 Å². The molecule has 1 heterocycles. The number of hydrogen-bond acceptors (Lipinski definition) is 8. The minimum atomic E-state index is -1.33. The zero-order valence-electron chi connectivity index (χ0n) is 24.6. The molecule has 3 atom stereocenters. The number of ketones is 2. The van der Waals surface area contributed by atoms with Crippen molar-refractivity contribution in [3.8, 4) is 0 Å². The molecular formula is C29H46N2O9. The van der Waals surface area contributed by atoms with Crippen LogP contribution >= 0.6 is 0 Å². The Balaban J connectivity index is 0. The van der Waals surface area contributed by atoms with Crippen molar-refractivity contribution in [1.29, 1.82) is 0 Å². The number of aliphatic hydroxyl groups is 3. The first-order chi connectivity index (χ1) is 18.9. The maximum atomic E-state index is 13.1. The van der Waals surface area contributed by atoms with Gasteiger partial charge in [-0.05, 0) is 51.9 Å². The number of aliphatic hydroxyl groups excluding tert-OH is 3. The molecule has 3 unspecified atom stereocenters. The van der Waals surface area contributed by atoms with Crippen molar-refractivity contribution in [3.63, 3.8) is 0 Å². The van der Waals surface area contributed by atoms with Gasteiger partial charge in [-0.25, -0.2) is 4.79 Å². The van der Waals surface area contributed by atoms with Crippen LogP contribution in [0.1, 0.15) is 59.8 Å². The molecule has 1 aliphatic carbocycles. The van der Waals surface area contributed by atoms with Gasteiger partial charge in [-0.2, -0.15) is 0 Å². The fourth-order valence-corrected chi connectivity index (χ4v) is 3.91. The molecule has 2 bridgehead atoms. The lowest BCUT2D eigenvalue weighted by Crippen LogP contribution is -2.33. The number of Topliss-reactive ketones (excluding diaryl/α,β-unsaturated/α-hetero) is 1. The Kier molecular flexibility index (Phi) is 20.6. The van der Waals surface area contributed by atoms with E-state index in [4.69, 9.17) is 24.9 Å². The number of allylic oxidation sites excluding steroid dienone is 6. The molecule has 2 amide bonds. The Morgan fingerprint density at radius 1 is 1.07 bits per heavy atom. The predicted molar refractivity (Wildman–Crippen MR) is 153 cm³/mol. The largest absolute Gasteiger partial charge is 0.492 e. The summed E-state index contributed by atoms with van der Waals surface area (Å²) in [6, 6.07) is 0. The van der Waals surface area contributed by atoms with E-state index in [0.717, 1.165) is 33.1 Å². The molecule has 0 aromatic heterocycles. The molecule has 226 valence electrons. The molecule has 0 fully saturated rings. The van der Waals surface area contributed by atoms with Crippen LogP contribution in [0.25, 0.3) is 0 Å². The molecule has 0 aromatic rings. The number of ether oxygens (including phenoxy) is 1. The molecule has 2 aliphatic rings. The average Bonchev–Trinajstić information content (AvgIpc) is 2.91. The Labute approximate surface area is 236 Å². The van der Waals surface area contributed by atoms with E-state index in [2.05, 4.69) is 24.1 Å². The summed E-state index contributed by atoms with van der Waals surface area (Å²) in [7, 11) is 3.36. The lowest BCUT2D eigenvalue weighted by Gasteiger charge is -2.22. The van der Waals surface area contributed by atoms with Crippen molar-refractivity contribution >= 4 is 23.6 Å². The van der Waals surface area contributed by atoms with Gasteiger partial charge in [0, 0.05) is 37.4 Å². The number of methoxy groups -OCH3 is 1. The van der Waals surface area contributed by atoms with Crippen LogP contribution in [0.4, 0.5) is 4.79 Å². The quantitative estimate of drug-likeness (QED) is 0.204. The molecule has 7 N–H and O–H groups in total. The highest BCUT2D eigenvalue weighted by atomic mass is 16.5. The Morgan fingerprint density at radius 3 is 2.20 bits per heavy atom. The second kappa shape index (κ2) is 21.3. The van der Waals surface area contributed by atoms with E-state index in [-0.39, 0.29) is 28.9 Å². The first kappa shape index (κ1) is 38.6. The van der Waals surface area contributed by atoms with Gasteiger partial charge in [0.05, 0.1) is 18.9 Å². The van der Waals surface area contributed by atoms with E-state index in [1.54, 1.807) is 13.0 Å². The zero-order chi connectivity index (χ0) is 31.4. The van der Waals surface area contributed by atoms with E-state index >= 15 is 0 Å². The third-order valence-electron chi connectivity index (χ3n) is 5.95. The maximum Gasteiger partial charge on any atom is 0.402 e. The van der Waals surface area contributed by atoms with Crippen LogP contribution in [-0.4, -0.2) is 71.4 Å². The number of nitrogens with two attached hydrogens (primary N) is 1. The third kappa shape index (κ3) is 14.6. The lowest BCUT2D eigenvalue weighted by atomic mass is 9.87. The first-order valence-corrected chi connectivity index (χ1v) is 12.8. The standard InChI is InChI=1S/C26H35NO5.CH3NO2.2CH4O/c1-16-9-7-6-8-10-18(3)26(31)27-21-15-23(29)25(32-5)20(24(21)30)14-17(2)11-12-22(28)19(4)13-16;2-1(3)4;2*1-2/h6,8,10,13,15,17,19,22,28H,7,9,11-12,14H2,1-5H3,(H,27,31);2H2,(H,3,4);2*2H,1H3/b8-6-,16-13+,18-10+;;;. The fraction of sp³-hybridized carbons (Fsp3) is 0.517. The van der Waals surface area contributed by atoms with Gasteiger partial charge in [0.15, 0.2) is 5.76 Å². The number of amides is 2. The number of rotatable bonds is 1. The van der Waals surface area contributed by atoms with E-state index in [9.17, 15) is 19.5 Å². The van der Waals surface area contributed by atoms with E-state index in [1.165, 1.54) is 12.7 Å². The number of carboxylic acid groups (broad SMARTS) is 1. The number of nitrogens with one attached hydrogen (secondary N) is 1. The number of primary amides is 1. The van der Waals surface area contributed by atoms with Crippen LogP contribution in [0.5, 0.6) is 0 Å². The van der Waals surface area contributed by atoms with Gasteiger partial charge in [-0.1, -0.05) is 43.7 Å². The summed E-state index contributed by atoms with van der Waals surface area (Å²) >= 11 is 0. The van der Waals surface area contributed by atoms with Gasteiger partial charge in [0.25, 0.3) is 5.91 Å². The number of carbonyl (C=O) groups is 4. The van der Waals surface area contributed by atoms with Gasteiger partial charge < -0.3 is 36.2 Å². The van der Waals surface area contributed by atoms with Crippen LogP contribution in [0.2, 0.25) is 0 Å². The Hall–Kier alpha value is -3.54. The smallest absolute Gasteiger partial charge is 0.402 e. The zero-order valence-corrected chi connectivity index (χ0v) is 24.6. The predicted octanol–water partition coefficient (Wildman–Crippen LogP) is 2.92. The van der Waals surface area contributed by atoms with Crippen molar-refractivity contribution in [2.45, 2.75) is 65.9 Å². The molecule has 0 aromatic carbocycles. The molecule has 1 aliphatic heterocycles. The molecule has 0 saturated carbocycles.